The van der Waals surface area contributed by atoms with Crippen molar-refractivity contribution >= 4 is 29.3 Å². The molecule has 1 fully saturated rings. The summed E-state index contributed by atoms with van der Waals surface area (Å²) in [6, 6.07) is 20.0. The largest absolute Gasteiger partial charge is 0.493 e. The van der Waals surface area contributed by atoms with Crippen molar-refractivity contribution in [2.45, 2.75) is 44.9 Å². The van der Waals surface area contributed by atoms with Crippen LogP contribution in [0.3, 0.4) is 0 Å². The minimum absolute atomic E-state index is 0.0667. The lowest BCUT2D eigenvalue weighted by Crippen LogP contribution is -2.68. The molecule has 3 aromatic carbocycles. The smallest absolute Gasteiger partial charge is 0.223 e. The Kier molecular flexibility index (Phi) is 6.21. The number of amides is 1. The summed E-state index contributed by atoms with van der Waals surface area (Å²) in [4.78, 5) is 15.0. The van der Waals surface area contributed by atoms with Crippen molar-refractivity contribution < 1.29 is 14.3 Å². The predicted octanol–water partition coefficient (Wildman–Crippen LogP) is 6.26. The molecule has 0 aliphatic carbocycles. The van der Waals surface area contributed by atoms with Crippen LogP contribution in [0.5, 0.6) is 11.5 Å². The summed E-state index contributed by atoms with van der Waals surface area (Å²) in [6.45, 7) is 7.61. The molecule has 0 bridgehead atoms. The number of benzene rings is 3. The van der Waals surface area contributed by atoms with Crippen molar-refractivity contribution in [3.63, 3.8) is 0 Å². The summed E-state index contributed by atoms with van der Waals surface area (Å²) < 4.78 is 11.6. The van der Waals surface area contributed by atoms with Crippen molar-refractivity contribution in [1.29, 1.82) is 0 Å². The molecule has 5 rings (SSSR count). The molecule has 1 saturated heterocycles. The molecule has 5 nitrogen and oxygen atoms in total. The average molecular weight is 503 g/mol. The van der Waals surface area contributed by atoms with Crippen LogP contribution in [0.2, 0.25) is 5.02 Å². The first-order chi connectivity index (χ1) is 17.2. The molecule has 0 saturated carbocycles. The third-order valence-electron chi connectivity index (χ3n) is 7.40. The number of nitrogens with zero attached hydrogens (tertiary/aromatic N) is 1. The van der Waals surface area contributed by atoms with Gasteiger partial charge in [0.25, 0.3) is 0 Å². The number of carbonyl (C=O) groups excluding carboxylic acids is 1. The number of hydrogen-bond donors (Lipinski definition) is 1. The molecular formula is C30H31ClN2O3. The van der Waals surface area contributed by atoms with Crippen LogP contribution in [0.1, 0.15) is 42.5 Å². The highest BCUT2D eigenvalue weighted by Gasteiger charge is 2.57. The van der Waals surface area contributed by atoms with E-state index in [2.05, 4.69) is 61.3 Å². The molecule has 2 heterocycles. The van der Waals surface area contributed by atoms with Crippen LogP contribution in [0.4, 0.5) is 5.69 Å². The van der Waals surface area contributed by atoms with Crippen LogP contribution in [-0.4, -0.2) is 25.2 Å². The maximum Gasteiger partial charge on any atom is 0.223 e. The van der Waals surface area contributed by atoms with E-state index in [4.69, 9.17) is 21.1 Å². The van der Waals surface area contributed by atoms with Gasteiger partial charge in [-0.3, -0.25) is 4.79 Å². The number of carbonyl (C=O) groups is 1. The standard InChI is InChI=1S/C30H31ClN2O3/c1-20-5-11-25-24(17-20)29(2,3)30(32-28(34)14-16-33(25)30)15-13-21-8-12-26(27(18-21)35-4)36-19-22-6-9-23(31)10-7-22/h5-13,15,17-18H,14,16,19H2,1-4H3,(H,32,34). The van der Waals surface area contributed by atoms with E-state index < -0.39 is 5.66 Å². The molecule has 0 radical (unpaired) electrons. The van der Waals surface area contributed by atoms with E-state index in [9.17, 15) is 4.79 Å². The highest BCUT2D eigenvalue weighted by molar-refractivity contribution is 6.30. The Morgan fingerprint density at radius 3 is 2.58 bits per heavy atom. The Morgan fingerprint density at radius 1 is 1.06 bits per heavy atom. The zero-order chi connectivity index (χ0) is 25.5. The van der Waals surface area contributed by atoms with Crippen molar-refractivity contribution in [3.8, 4) is 11.5 Å². The molecule has 6 heteroatoms. The van der Waals surface area contributed by atoms with Gasteiger partial charge in [-0.05, 0) is 60.0 Å². The van der Waals surface area contributed by atoms with Crippen molar-refractivity contribution in [2.75, 3.05) is 18.6 Å². The summed E-state index contributed by atoms with van der Waals surface area (Å²) in [5, 5.41) is 4.03. The van der Waals surface area contributed by atoms with Crippen molar-refractivity contribution in [3.05, 3.63) is 94.0 Å². The lowest BCUT2D eigenvalue weighted by atomic mass is 9.74. The number of hydrogen-bond acceptors (Lipinski definition) is 4. The van der Waals surface area contributed by atoms with Gasteiger partial charge < -0.3 is 19.7 Å². The van der Waals surface area contributed by atoms with Gasteiger partial charge in [0.05, 0.1) is 7.11 Å². The molecule has 186 valence electrons. The second-order valence-electron chi connectivity index (χ2n) is 10.0. The fourth-order valence-electron chi connectivity index (χ4n) is 5.33. The highest BCUT2D eigenvalue weighted by Crippen LogP contribution is 2.52. The topological polar surface area (TPSA) is 50.8 Å². The third kappa shape index (κ3) is 4.11. The molecule has 2 aliphatic rings. The molecule has 3 aromatic rings. The average Bonchev–Trinajstić information content (AvgIpc) is 3.05. The molecule has 0 aromatic heterocycles. The van der Waals surface area contributed by atoms with Gasteiger partial charge in [0.1, 0.15) is 12.3 Å². The number of rotatable bonds is 6. The highest BCUT2D eigenvalue weighted by atomic mass is 35.5. The van der Waals surface area contributed by atoms with E-state index in [0.717, 1.165) is 11.1 Å². The van der Waals surface area contributed by atoms with Crippen LogP contribution < -0.4 is 19.7 Å². The van der Waals surface area contributed by atoms with E-state index in [0.29, 0.717) is 36.1 Å². The number of nitrogens with one attached hydrogen (secondary N) is 1. The Bertz CT molecular complexity index is 1330. The lowest BCUT2D eigenvalue weighted by Gasteiger charge is -2.49. The second kappa shape index (κ2) is 9.21. The van der Waals surface area contributed by atoms with Crippen molar-refractivity contribution in [1.82, 2.24) is 5.32 Å². The van der Waals surface area contributed by atoms with Crippen LogP contribution in [-0.2, 0) is 16.8 Å². The van der Waals surface area contributed by atoms with E-state index in [-0.39, 0.29) is 11.3 Å². The minimum Gasteiger partial charge on any atom is -0.493 e. The number of ether oxygens (including phenoxy) is 2. The lowest BCUT2D eigenvalue weighted by molar-refractivity contribution is -0.124. The number of methoxy groups -OCH3 is 1. The zero-order valence-electron chi connectivity index (χ0n) is 21.1. The third-order valence-corrected chi connectivity index (χ3v) is 7.65. The number of halogens is 1. The molecule has 0 spiro atoms. The summed E-state index contributed by atoms with van der Waals surface area (Å²) in [6.07, 6.45) is 4.67. The molecule has 1 unspecified atom stereocenters. The predicted molar refractivity (Wildman–Crippen MR) is 145 cm³/mol. The van der Waals surface area contributed by atoms with Crippen LogP contribution in [0.15, 0.2) is 66.7 Å². The summed E-state index contributed by atoms with van der Waals surface area (Å²) in [5.41, 5.74) is 4.64. The number of anilines is 1. The Labute approximate surface area is 217 Å². The van der Waals surface area contributed by atoms with Crippen LogP contribution >= 0.6 is 11.6 Å². The summed E-state index contributed by atoms with van der Waals surface area (Å²) >= 11 is 5.98. The number of aryl methyl sites for hydroxylation is 1. The van der Waals surface area contributed by atoms with Crippen molar-refractivity contribution in [2.24, 2.45) is 0 Å². The van der Waals surface area contributed by atoms with E-state index in [1.54, 1.807) is 7.11 Å². The monoisotopic (exact) mass is 502 g/mol. The molecular weight excluding hydrogens is 472 g/mol. The SMILES string of the molecule is COc1cc(C=CC23NC(=O)CCN2c2ccc(C)cc2C3(C)C)ccc1OCc1ccc(Cl)cc1. The van der Waals surface area contributed by atoms with Gasteiger partial charge in [0.2, 0.25) is 5.91 Å². The summed E-state index contributed by atoms with van der Waals surface area (Å²) in [5.74, 6) is 1.38. The van der Waals surface area contributed by atoms with Crippen LogP contribution in [0, 0.1) is 6.92 Å². The Hall–Kier alpha value is -3.44. The molecule has 2 aliphatic heterocycles. The second-order valence-corrected chi connectivity index (χ2v) is 10.5. The number of fused-ring (bicyclic) bond motifs is 3. The summed E-state index contributed by atoms with van der Waals surface area (Å²) in [7, 11) is 1.64. The molecule has 1 N–H and O–H groups in total. The van der Waals surface area contributed by atoms with Gasteiger partial charge in [-0.15, -0.1) is 0 Å². The fourth-order valence-corrected chi connectivity index (χ4v) is 5.46. The van der Waals surface area contributed by atoms with Gasteiger partial charge in [-0.25, -0.2) is 0 Å². The van der Waals surface area contributed by atoms with Gasteiger partial charge in [0, 0.05) is 29.1 Å². The molecule has 1 amide bonds. The maximum atomic E-state index is 12.7. The first-order valence-corrected chi connectivity index (χ1v) is 12.6. The van der Waals surface area contributed by atoms with E-state index in [1.807, 2.05) is 42.5 Å². The fraction of sp³-hybridized carbons (Fsp3) is 0.300. The van der Waals surface area contributed by atoms with E-state index >= 15 is 0 Å². The maximum absolute atomic E-state index is 12.7. The quantitative estimate of drug-likeness (QED) is 0.432. The molecule has 1 atom stereocenters. The Morgan fingerprint density at radius 2 is 1.83 bits per heavy atom. The normalized spacial score (nSPS) is 20.1. The van der Waals surface area contributed by atoms with Gasteiger partial charge in [-0.2, -0.15) is 0 Å². The van der Waals surface area contributed by atoms with Gasteiger partial charge in [-0.1, -0.05) is 67.4 Å². The van der Waals surface area contributed by atoms with Crippen LogP contribution in [0.25, 0.3) is 6.08 Å². The first-order valence-electron chi connectivity index (χ1n) is 12.2. The molecule has 36 heavy (non-hydrogen) atoms. The van der Waals surface area contributed by atoms with Gasteiger partial charge in [0.15, 0.2) is 11.5 Å². The first kappa shape index (κ1) is 24.3. The van der Waals surface area contributed by atoms with Gasteiger partial charge >= 0.3 is 0 Å². The van der Waals surface area contributed by atoms with E-state index in [1.165, 1.54) is 16.8 Å². The minimum atomic E-state index is -0.657. The Balaban J connectivity index is 1.44. The zero-order valence-corrected chi connectivity index (χ0v) is 21.9.